The van der Waals surface area contributed by atoms with Crippen LogP contribution >= 0.6 is 0 Å². The number of likely N-dealkylation sites (tertiary alicyclic amines) is 1. The summed E-state index contributed by atoms with van der Waals surface area (Å²) in [7, 11) is 1.70. The Balaban J connectivity index is 0.00000129. The number of nitrogens with two attached hydrogens (primary N) is 1. The fraction of sp³-hybridized carbons (Fsp3) is 0.538. The van der Waals surface area contributed by atoms with Crippen molar-refractivity contribution < 1.29 is 14.4 Å². The molecule has 3 amide bonds. The van der Waals surface area contributed by atoms with Crippen LogP contribution in [0.2, 0.25) is 0 Å². The van der Waals surface area contributed by atoms with Gasteiger partial charge in [0.15, 0.2) is 0 Å². The number of fused-ring (bicyclic) bond motifs is 1. The lowest BCUT2D eigenvalue weighted by atomic mass is 9.93. The number of carbonyl (C=O) groups is 3. The molecule has 2 aliphatic heterocycles. The topological polar surface area (TPSA) is 108 Å². The summed E-state index contributed by atoms with van der Waals surface area (Å²) in [6, 6.07) is 7.68. The molecule has 0 spiro atoms. The molecule has 8 heteroatoms. The average molecular weight is 470 g/mol. The quantitative estimate of drug-likeness (QED) is 0.624. The molecule has 2 atom stereocenters. The molecule has 1 saturated heterocycles. The number of aliphatic imine (C=N–C) groups is 1. The molecule has 1 fully saturated rings. The van der Waals surface area contributed by atoms with Gasteiger partial charge in [-0.05, 0) is 50.7 Å². The van der Waals surface area contributed by atoms with E-state index in [0.717, 1.165) is 43.0 Å². The van der Waals surface area contributed by atoms with Crippen molar-refractivity contribution in [2.45, 2.75) is 59.0 Å². The van der Waals surface area contributed by atoms with E-state index in [-0.39, 0.29) is 24.2 Å². The Labute approximate surface area is 203 Å². The number of nitrogens with one attached hydrogen (secondary N) is 1. The number of hydrogen-bond acceptors (Lipinski definition) is 5. The van der Waals surface area contributed by atoms with Crippen molar-refractivity contribution in [3.63, 3.8) is 0 Å². The fourth-order valence-electron chi connectivity index (χ4n) is 4.30. The van der Waals surface area contributed by atoms with Crippen LogP contribution in [0, 0.1) is 11.8 Å². The van der Waals surface area contributed by atoms with Crippen LogP contribution in [0.5, 0.6) is 0 Å². The number of likely N-dealkylation sites (N-methyl/N-ethyl adjacent to an activating group) is 1. The molecule has 0 aromatic heterocycles. The lowest BCUT2D eigenvalue weighted by molar-refractivity contribution is -0.132. The molecule has 2 heterocycles. The largest absolute Gasteiger partial charge is 0.370 e. The number of rotatable bonds is 6. The number of benzodiazepines with no additional fused rings is 1. The van der Waals surface area contributed by atoms with E-state index in [1.165, 1.54) is 6.42 Å². The van der Waals surface area contributed by atoms with Gasteiger partial charge >= 0.3 is 0 Å². The molecular formula is C26H39N5O3. The Hall–Kier alpha value is -3.16. The Morgan fingerprint density at radius 3 is 2.44 bits per heavy atom. The van der Waals surface area contributed by atoms with E-state index in [1.807, 2.05) is 45.0 Å². The van der Waals surface area contributed by atoms with Crippen LogP contribution in [0.25, 0.3) is 0 Å². The van der Waals surface area contributed by atoms with Gasteiger partial charge in [0.25, 0.3) is 5.91 Å². The highest BCUT2D eigenvalue weighted by Crippen LogP contribution is 2.27. The Bertz CT molecular complexity index is 905. The lowest BCUT2D eigenvalue weighted by Crippen LogP contribution is -2.48. The summed E-state index contributed by atoms with van der Waals surface area (Å²) < 4.78 is 0. The number of allylic oxidation sites excluding steroid dienone is 1. The van der Waals surface area contributed by atoms with Crippen LogP contribution in [0.3, 0.4) is 0 Å². The maximum absolute atomic E-state index is 13.2. The number of primary amides is 1. The number of benzene rings is 1. The van der Waals surface area contributed by atoms with Gasteiger partial charge in [0, 0.05) is 38.0 Å². The molecule has 3 rings (SSSR count). The maximum atomic E-state index is 13.2. The lowest BCUT2D eigenvalue weighted by Gasteiger charge is -2.30. The molecule has 8 nitrogen and oxygen atoms in total. The molecule has 0 aliphatic carbocycles. The van der Waals surface area contributed by atoms with Crippen LogP contribution in [0.1, 0.15) is 58.4 Å². The predicted octanol–water partition coefficient (Wildman–Crippen LogP) is 3.07. The Morgan fingerprint density at radius 2 is 1.85 bits per heavy atom. The smallest absolute Gasteiger partial charge is 0.272 e. The van der Waals surface area contributed by atoms with Crippen LogP contribution in [-0.2, 0) is 14.4 Å². The van der Waals surface area contributed by atoms with Crippen LogP contribution in [0.4, 0.5) is 5.69 Å². The number of piperidine rings is 1. The average Bonchev–Trinajstić information content (AvgIpc) is 2.90. The van der Waals surface area contributed by atoms with Gasteiger partial charge in [0.1, 0.15) is 5.84 Å². The third-order valence-electron chi connectivity index (χ3n) is 5.83. The highest BCUT2D eigenvalue weighted by atomic mass is 16.2. The second kappa shape index (κ2) is 12.9. The van der Waals surface area contributed by atoms with Gasteiger partial charge in [0.2, 0.25) is 18.0 Å². The molecular weight excluding hydrogens is 430 g/mol. The van der Waals surface area contributed by atoms with Gasteiger partial charge in [-0.3, -0.25) is 14.4 Å². The number of amidine groups is 1. The summed E-state index contributed by atoms with van der Waals surface area (Å²) in [5.41, 5.74) is 7.01. The minimum Gasteiger partial charge on any atom is -0.370 e. The van der Waals surface area contributed by atoms with E-state index in [9.17, 15) is 14.4 Å². The van der Waals surface area contributed by atoms with E-state index in [0.29, 0.717) is 6.42 Å². The van der Waals surface area contributed by atoms with Crippen molar-refractivity contribution in [3.05, 3.63) is 42.5 Å². The zero-order valence-electron chi connectivity index (χ0n) is 20.9. The number of amides is 3. The van der Waals surface area contributed by atoms with E-state index in [2.05, 4.69) is 16.8 Å². The molecule has 2 aliphatic rings. The van der Waals surface area contributed by atoms with Crippen molar-refractivity contribution in [2.24, 2.45) is 22.6 Å². The minimum atomic E-state index is -1.05. The molecule has 3 N–H and O–H groups in total. The van der Waals surface area contributed by atoms with Crippen molar-refractivity contribution in [1.82, 2.24) is 10.2 Å². The van der Waals surface area contributed by atoms with Gasteiger partial charge < -0.3 is 20.9 Å². The van der Waals surface area contributed by atoms with Crippen LogP contribution in [-0.4, -0.2) is 54.8 Å². The van der Waals surface area contributed by atoms with Gasteiger partial charge in [-0.2, -0.15) is 0 Å². The third kappa shape index (κ3) is 7.17. The van der Waals surface area contributed by atoms with Gasteiger partial charge in [-0.1, -0.05) is 32.1 Å². The summed E-state index contributed by atoms with van der Waals surface area (Å²) in [4.78, 5) is 46.3. The second-order valence-electron chi connectivity index (χ2n) is 9.23. The van der Waals surface area contributed by atoms with E-state index >= 15 is 0 Å². The third-order valence-corrected chi connectivity index (χ3v) is 5.83. The summed E-state index contributed by atoms with van der Waals surface area (Å²) in [5.74, 6) is -0.861. The molecule has 1 aromatic rings. The number of nitrogens with zero attached hydrogens (tertiary/aromatic N) is 3. The normalized spacial score (nSPS) is 18.7. The first-order valence-corrected chi connectivity index (χ1v) is 12.0. The zero-order valence-corrected chi connectivity index (χ0v) is 20.9. The van der Waals surface area contributed by atoms with Crippen molar-refractivity contribution in [1.29, 1.82) is 0 Å². The number of para-hydroxylation sites is 1. The second-order valence-corrected chi connectivity index (χ2v) is 9.23. The first kappa shape index (κ1) is 27.1. The molecule has 1 aromatic carbocycles. The Kier molecular flexibility index (Phi) is 10.3. The molecule has 1 unspecified atom stereocenters. The van der Waals surface area contributed by atoms with E-state index < -0.39 is 18.0 Å². The Morgan fingerprint density at radius 1 is 1.24 bits per heavy atom. The first-order valence-electron chi connectivity index (χ1n) is 12.0. The molecule has 0 bridgehead atoms. The molecule has 34 heavy (non-hydrogen) atoms. The number of anilines is 1. The number of hydrogen-bond donors (Lipinski definition) is 2. The SMILES string of the molecule is C=CC.CC(C)C[C@H](CC(N)=O)C(=O)NC1N=C(N2CCCCC2)c2ccccc2N(C)C1=O. The summed E-state index contributed by atoms with van der Waals surface area (Å²) in [5, 5.41) is 2.80. The summed E-state index contributed by atoms with van der Waals surface area (Å²) in [6.07, 6.45) is 4.46. The molecule has 186 valence electrons. The molecule has 0 radical (unpaired) electrons. The van der Waals surface area contributed by atoms with Gasteiger partial charge in [-0.25, -0.2) is 4.99 Å². The van der Waals surface area contributed by atoms with E-state index in [4.69, 9.17) is 10.7 Å². The van der Waals surface area contributed by atoms with Crippen LogP contribution in [0.15, 0.2) is 41.9 Å². The minimum absolute atomic E-state index is 0.0519. The predicted molar refractivity (Wildman–Crippen MR) is 136 cm³/mol. The monoisotopic (exact) mass is 469 g/mol. The van der Waals surface area contributed by atoms with Gasteiger partial charge in [0.05, 0.1) is 5.69 Å². The van der Waals surface area contributed by atoms with Crippen molar-refractivity contribution in [2.75, 3.05) is 25.0 Å². The highest BCUT2D eigenvalue weighted by molar-refractivity contribution is 6.12. The first-order chi connectivity index (χ1) is 16.2. The van der Waals surface area contributed by atoms with Crippen molar-refractivity contribution >= 4 is 29.2 Å². The maximum Gasteiger partial charge on any atom is 0.272 e. The highest BCUT2D eigenvalue weighted by Gasteiger charge is 2.34. The van der Waals surface area contributed by atoms with Gasteiger partial charge in [-0.15, -0.1) is 6.58 Å². The van der Waals surface area contributed by atoms with Crippen molar-refractivity contribution in [3.8, 4) is 0 Å². The fourth-order valence-corrected chi connectivity index (χ4v) is 4.30. The van der Waals surface area contributed by atoms with Crippen LogP contribution < -0.4 is 16.0 Å². The van der Waals surface area contributed by atoms with E-state index in [1.54, 1.807) is 18.0 Å². The molecule has 0 saturated carbocycles. The zero-order chi connectivity index (χ0) is 25.3. The standard InChI is InChI=1S/C23H33N5O3.C3H6/c1-15(2)13-16(14-19(24)29)22(30)26-20-23(31)27(3)18-10-6-5-9-17(18)21(25-20)28-11-7-4-8-12-28;1-3-2/h5-6,9-10,15-16,20H,4,7-8,11-14H2,1-3H3,(H2,24,29)(H,26,30);3H,1H2,2H3/t16-,20?;/m1./s1. The summed E-state index contributed by atoms with van der Waals surface area (Å²) >= 11 is 0. The summed E-state index contributed by atoms with van der Waals surface area (Å²) in [6.45, 7) is 10.9. The number of carbonyl (C=O) groups excluding carboxylic acids is 3.